The number of halogens is 3. The zero-order valence-corrected chi connectivity index (χ0v) is 13.4. The summed E-state index contributed by atoms with van der Waals surface area (Å²) in [4.78, 5) is 13.8. The van der Waals surface area contributed by atoms with Gasteiger partial charge in [-0.25, -0.2) is 9.97 Å². The fourth-order valence-electron chi connectivity index (χ4n) is 1.56. The Morgan fingerprint density at radius 1 is 1.17 bits per heavy atom. The van der Waals surface area contributed by atoms with Gasteiger partial charge in [-0.15, -0.1) is 11.3 Å². The normalized spacial score (nSPS) is 11.1. The third-order valence-electron chi connectivity index (χ3n) is 2.32. The minimum atomic E-state index is 0.436. The zero-order valence-electron chi connectivity index (χ0n) is 8.69. The first kappa shape index (κ1) is 12.5. The summed E-state index contributed by atoms with van der Waals surface area (Å²) < 4.78 is 1.81. The standard InChI is InChI=1S/C11H4Br2ClN3S/c12-5-1-6-9(7(13)2-5)16-11(17-10(6)14)8-3-15-4-18-8/h1-4H. The zero-order chi connectivity index (χ0) is 12.7. The van der Waals surface area contributed by atoms with Gasteiger partial charge in [-0.2, -0.15) is 0 Å². The second-order valence-corrected chi connectivity index (χ2v) is 6.50. The van der Waals surface area contributed by atoms with Gasteiger partial charge < -0.3 is 0 Å². The van der Waals surface area contributed by atoms with Crippen LogP contribution in [0.15, 0.2) is 32.8 Å². The van der Waals surface area contributed by atoms with E-state index in [0.717, 1.165) is 24.7 Å². The Morgan fingerprint density at radius 2 is 2.00 bits per heavy atom. The molecule has 0 spiro atoms. The molecule has 0 amide bonds. The van der Waals surface area contributed by atoms with Gasteiger partial charge in [0, 0.05) is 20.5 Å². The summed E-state index contributed by atoms with van der Waals surface area (Å²) in [6, 6.07) is 3.83. The molecule has 1 aromatic carbocycles. The minimum absolute atomic E-state index is 0.436. The van der Waals surface area contributed by atoms with Gasteiger partial charge in [-0.1, -0.05) is 27.5 Å². The maximum atomic E-state index is 6.21. The Balaban J connectivity index is 2.34. The van der Waals surface area contributed by atoms with Crippen LogP contribution in [0.1, 0.15) is 0 Å². The van der Waals surface area contributed by atoms with E-state index in [1.165, 1.54) is 11.3 Å². The molecule has 2 heterocycles. The molecule has 3 nitrogen and oxygen atoms in total. The molecular formula is C11H4Br2ClN3S. The van der Waals surface area contributed by atoms with Crippen LogP contribution in [0.2, 0.25) is 5.15 Å². The van der Waals surface area contributed by atoms with Crippen molar-refractivity contribution in [2.75, 3.05) is 0 Å². The highest BCUT2D eigenvalue weighted by Crippen LogP contribution is 2.33. The topological polar surface area (TPSA) is 38.7 Å². The first-order valence-electron chi connectivity index (χ1n) is 4.86. The predicted molar refractivity (Wildman–Crippen MR) is 81.1 cm³/mol. The number of benzene rings is 1. The van der Waals surface area contributed by atoms with E-state index in [2.05, 4.69) is 46.8 Å². The molecule has 3 rings (SSSR count). The Morgan fingerprint density at radius 3 is 2.72 bits per heavy atom. The van der Waals surface area contributed by atoms with Crippen molar-refractivity contribution in [2.45, 2.75) is 0 Å². The van der Waals surface area contributed by atoms with Crippen LogP contribution in [0.5, 0.6) is 0 Å². The van der Waals surface area contributed by atoms with Crippen molar-refractivity contribution in [3.05, 3.63) is 37.9 Å². The number of hydrogen-bond donors (Lipinski definition) is 0. The lowest BCUT2D eigenvalue weighted by atomic mass is 10.2. The number of fused-ring (bicyclic) bond motifs is 1. The van der Waals surface area contributed by atoms with Crippen LogP contribution in [0.3, 0.4) is 0 Å². The molecular weight excluding hydrogens is 401 g/mol. The molecule has 2 aromatic heterocycles. The monoisotopic (exact) mass is 403 g/mol. The van der Waals surface area contributed by atoms with Gasteiger partial charge in [-0.05, 0) is 28.1 Å². The highest BCUT2D eigenvalue weighted by atomic mass is 79.9. The van der Waals surface area contributed by atoms with Crippen LogP contribution in [0.4, 0.5) is 0 Å². The van der Waals surface area contributed by atoms with Gasteiger partial charge in [0.05, 0.1) is 15.9 Å². The van der Waals surface area contributed by atoms with Crippen molar-refractivity contribution in [2.24, 2.45) is 0 Å². The Bertz CT molecular complexity index is 731. The average molecular weight is 406 g/mol. The van der Waals surface area contributed by atoms with Gasteiger partial charge in [0.15, 0.2) is 5.82 Å². The quantitative estimate of drug-likeness (QED) is 0.539. The molecule has 0 saturated heterocycles. The fraction of sp³-hybridized carbons (Fsp3) is 0. The Labute approximate surface area is 129 Å². The van der Waals surface area contributed by atoms with E-state index < -0.39 is 0 Å². The van der Waals surface area contributed by atoms with Gasteiger partial charge in [0.25, 0.3) is 0 Å². The Hall–Kier alpha value is -0.560. The lowest BCUT2D eigenvalue weighted by molar-refractivity contribution is 1.23. The van der Waals surface area contributed by atoms with Crippen LogP contribution in [0, 0.1) is 0 Å². The maximum absolute atomic E-state index is 6.21. The van der Waals surface area contributed by atoms with Crippen molar-refractivity contribution in [3.8, 4) is 10.7 Å². The molecule has 0 radical (unpaired) electrons. The lowest BCUT2D eigenvalue weighted by Crippen LogP contribution is -1.91. The van der Waals surface area contributed by atoms with Crippen LogP contribution in [-0.2, 0) is 0 Å². The highest BCUT2D eigenvalue weighted by molar-refractivity contribution is 9.11. The summed E-state index contributed by atoms with van der Waals surface area (Å²) in [5, 5.41) is 1.25. The maximum Gasteiger partial charge on any atom is 0.173 e. The predicted octanol–water partition coefficient (Wildman–Crippen LogP) is 4.93. The average Bonchev–Trinajstić information content (AvgIpc) is 2.83. The van der Waals surface area contributed by atoms with Gasteiger partial charge >= 0.3 is 0 Å². The molecule has 0 aliphatic rings. The van der Waals surface area contributed by atoms with E-state index in [9.17, 15) is 0 Å². The van der Waals surface area contributed by atoms with Gasteiger partial charge in [0.1, 0.15) is 5.15 Å². The first-order chi connectivity index (χ1) is 8.65. The van der Waals surface area contributed by atoms with Crippen LogP contribution >= 0.6 is 54.8 Å². The molecule has 0 bridgehead atoms. The molecule has 90 valence electrons. The number of rotatable bonds is 1. The molecule has 0 atom stereocenters. The molecule has 3 aromatic rings. The summed E-state index contributed by atoms with van der Waals surface area (Å²) in [7, 11) is 0. The molecule has 0 saturated carbocycles. The van der Waals surface area contributed by atoms with Crippen LogP contribution < -0.4 is 0 Å². The lowest BCUT2D eigenvalue weighted by Gasteiger charge is -2.05. The summed E-state index contributed by atoms with van der Waals surface area (Å²) in [6.07, 6.45) is 1.73. The van der Waals surface area contributed by atoms with Crippen molar-refractivity contribution in [3.63, 3.8) is 0 Å². The first-order valence-corrected chi connectivity index (χ1v) is 7.70. The van der Waals surface area contributed by atoms with Crippen LogP contribution in [0.25, 0.3) is 21.6 Å². The van der Waals surface area contributed by atoms with E-state index in [-0.39, 0.29) is 0 Å². The van der Waals surface area contributed by atoms with E-state index in [1.807, 2.05) is 12.1 Å². The molecule has 0 aliphatic heterocycles. The Kier molecular flexibility index (Phi) is 3.36. The largest absolute Gasteiger partial charge is 0.252 e. The summed E-state index contributed by atoms with van der Waals surface area (Å²) in [5.74, 6) is 0.595. The van der Waals surface area contributed by atoms with E-state index in [1.54, 1.807) is 11.7 Å². The third kappa shape index (κ3) is 2.18. The SMILES string of the molecule is Clc1nc(-c2cncs2)nc2c(Br)cc(Br)cc12. The molecule has 7 heteroatoms. The number of hydrogen-bond acceptors (Lipinski definition) is 4. The van der Waals surface area contributed by atoms with E-state index >= 15 is 0 Å². The van der Waals surface area contributed by atoms with Crippen molar-refractivity contribution in [1.82, 2.24) is 15.0 Å². The molecule has 0 N–H and O–H groups in total. The van der Waals surface area contributed by atoms with E-state index in [0.29, 0.717) is 11.0 Å². The van der Waals surface area contributed by atoms with Gasteiger partial charge in [-0.3, -0.25) is 4.98 Å². The fourth-order valence-corrected chi connectivity index (χ4v) is 3.65. The molecule has 18 heavy (non-hydrogen) atoms. The van der Waals surface area contributed by atoms with Crippen molar-refractivity contribution in [1.29, 1.82) is 0 Å². The third-order valence-corrected chi connectivity index (χ3v) is 4.44. The van der Waals surface area contributed by atoms with Crippen molar-refractivity contribution < 1.29 is 0 Å². The number of nitrogens with zero attached hydrogens (tertiary/aromatic N) is 3. The van der Waals surface area contributed by atoms with Crippen molar-refractivity contribution >= 4 is 65.7 Å². The second-order valence-electron chi connectivity index (χ2n) is 3.49. The van der Waals surface area contributed by atoms with Crippen LogP contribution in [-0.4, -0.2) is 15.0 Å². The molecule has 0 aliphatic carbocycles. The highest BCUT2D eigenvalue weighted by Gasteiger charge is 2.12. The summed E-state index contributed by atoms with van der Waals surface area (Å²) in [6.45, 7) is 0. The number of aromatic nitrogens is 3. The molecule has 0 unspecified atom stereocenters. The summed E-state index contributed by atoms with van der Waals surface area (Å²) >= 11 is 14.6. The van der Waals surface area contributed by atoms with E-state index in [4.69, 9.17) is 11.6 Å². The van der Waals surface area contributed by atoms with Gasteiger partial charge in [0.2, 0.25) is 0 Å². The minimum Gasteiger partial charge on any atom is -0.252 e. The summed E-state index contributed by atoms with van der Waals surface area (Å²) in [5.41, 5.74) is 2.54. The number of thiazole rings is 1. The second kappa shape index (κ2) is 4.85. The molecule has 0 fully saturated rings. The smallest absolute Gasteiger partial charge is 0.173 e.